The maximum Gasteiger partial charge on any atom is 0.135 e. The molecule has 1 aliphatic heterocycles. The average molecular weight is 407 g/mol. The van der Waals surface area contributed by atoms with Crippen molar-refractivity contribution < 1.29 is 9.13 Å². The van der Waals surface area contributed by atoms with E-state index < -0.39 is 0 Å². The van der Waals surface area contributed by atoms with E-state index in [-0.39, 0.29) is 18.0 Å². The fourth-order valence-corrected chi connectivity index (χ4v) is 4.30. The van der Waals surface area contributed by atoms with Gasteiger partial charge in [-0.15, -0.1) is 11.3 Å². The van der Waals surface area contributed by atoms with Crippen molar-refractivity contribution in [1.82, 2.24) is 0 Å². The number of ether oxygens (including phenoxy) is 1. The largest absolute Gasteiger partial charge is 0.484 e. The van der Waals surface area contributed by atoms with E-state index in [0.717, 1.165) is 18.7 Å². The van der Waals surface area contributed by atoms with Crippen LogP contribution < -0.4 is 10.5 Å². The van der Waals surface area contributed by atoms with Gasteiger partial charge in [0.25, 0.3) is 0 Å². The first kappa shape index (κ1) is 13.5. The van der Waals surface area contributed by atoms with E-state index in [1.165, 1.54) is 12.1 Å². The number of halogens is 3. The van der Waals surface area contributed by atoms with Crippen molar-refractivity contribution >= 4 is 43.2 Å². The quantitative estimate of drug-likeness (QED) is 0.728. The second-order valence-electron chi connectivity index (χ2n) is 4.40. The summed E-state index contributed by atoms with van der Waals surface area (Å²) in [5, 5.41) is 0. The van der Waals surface area contributed by atoms with Gasteiger partial charge >= 0.3 is 0 Å². The molecule has 2 N–H and O–H groups in total. The molecule has 0 saturated carbocycles. The van der Waals surface area contributed by atoms with Gasteiger partial charge in [0.15, 0.2) is 0 Å². The molecule has 6 heteroatoms. The van der Waals surface area contributed by atoms with Crippen molar-refractivity contribution in [2.24, 2.45) is 5.73 Å². The predicted molar refractivity (Wildman–Crippen MR) is 81.0 cm³/mol. The maximum absolute atomic E-state index is 13.2. The lowest BCUT2D eigenvalue weighted by Gasteiger charge is -2.29. The van der Waals surface area contributed by atoms with Gasteiger partial charge in [-0.3, -0.25) is 0 Å². The molecule has 0 radical (unpaired) electrons. The van der Waals surface area contributed by atoms with E-state index >= 15 is 0 Å². The number of hydrogen-bond acceptors (Lipinski definition) is 3. The van der Waals surface area contributed by atoms with Crippen molar-refractivity contribution in [1.29, 1.82) is 0 Å². The Kier molecular flexibility index (Phi) is 3.68. The molecule has 100 valence electrons. The van der Waals surface area contributed by atoms with Gasteiger partial charge in [-0.25, -0.2) is 4.39 Å². The second-order valence-corrected chi connectivity index (χ2v) is 7.66. The summed E-state index contributed by atoms with van der Waals surface area (Å²) in [6.45, 7) is 0. The molecule has 0 spiro atoms. The molecule has 1 unspecified atom stereocenters. The van der Waals surface area contributed by atoms with Gasteiger partial charge < -0.3 is 10.5 Å². The van der Waals surface area contributed by atoms with Gasteiger partial charge in [-0.05, 0) is 56.1 Å². The summed E-state index contributed by atoms with van der Waals surface area (Å²) in [5.74, 6) is 0.392. The first-order valence-corrected chi connectivity index (χ1v) is 8.11. The van der Waals surface area contributed by atoms with Crippen molar-refractivity contribution in [3.63, 3.8) is 0 Å². The highest BCUT2D eigenvalue weighted by Gasteiger charge is 2.28. The van der Waals surface area contributed by atoms with Crippen LogP contribution in [0.1, 0.15) is 29.0 Å². The minimum Gasteiger partial charge on any atom is -0.484 e. The van der Waals surface area contributed by atoms with Gasteiger partial charge in [0.05, 0.1) is 3.79 Å². The van der Waals surface area contributed by atoms with Crippen LogP contribution in [0.15, 0.2) is 32.5 Å². The second kappa shape index (κ2) is 5.16. The number of hydrogen-bond donors (Lipinski definition) is 1. The number of benzene rings is 1. The van der Waals surface area contributed by atoms with E-state index in [1.807, 2.05) is 6.07 Å². The summed E-state index contributed by atoms with van der Waals surface area (Å²) in [5.41, 5.74) is 6.86. The minimum absolute atomic E-state index is 0.0828. The number of nitrogens with two attached hydrogens (primary N) is 1. The van der Waals surface area contributed by atoms with Crippen LogP contribution in [0.5, 0.6) is 5.75 Å². The Morgan fingerprint density at radius 3 is 2.79 bits per heavy atom. The topological polar surface area (TPSA) is 35.2 Å². The molecule has 0 fully saturated rings. The van der Waals surface area contributed by atoms with Crippen molar-refractivity contribution in [2.45, 2.75) is 18.6 Å². The van der Waals surface area contributed by atoms with Crippen LogP contribution in [0.3, 0.4) is 0 Å². The summed E-state index contributed by atoms with van der Waals surface area (Å²) in [7, 11) is 0. The summed E-state index contributed by atoms with van der Waals surface area (Å²) in [6.07, 6.45) is 0.566. The average Bonchev–Trinajstić information content (AvgIpc) is 2.70. The summed E-state index contributed by atoms with van der Waals surface area (Å²) in [4.78, 5) is 1.10. The molecule has 2 heterocycles. The van der Waals surface area contributed by atoms with Crippen LogP contribution in [0.25, 0.3) is 0 Å². The fraction of sp³-hybridized carbons (Fsp3) is 0.231. The number of fused-ring (bicyclic) bond motifs is 1. The maximum atomic E-state index is 13.2. The predicted octanol–water partition coefficient (Wildman–Crippen LogP) is 4.94. The lowest BCUT2D eigenvalue weighted by atomic mass is 9.96. The Labute approximate surface area is 131 Å². The van der Waals surface area contributed by atoms with Gasteiger partial charge in [-0.1, -0.05) is 0 Å². The standard InChI is InChI=1S/C13H10Br2FNOS/c14-8-4-12(19-13(8)15)11-5-9(17)7-3-6(16)1-2-10(7)18-11/h1-4,9,11H,5,17H2/t9-,11?/m1/s1. The summed E-state index contributed by atoms with van der Waals surface area (Å²) in [6, 6.07) is 6.32. The normalized spacial score (nSPS) is 21.9. The smallest absolute Gasteiger partial charge is 0.135 e. The van der Waals surface area contributed by atoms with Crippen LogP contribution in [0.4, 0.5) is 4.39 Å². The number of rotatable bonds is 1. The van der Waals surface area contributed by atoms with E-state index in [0.29, 0.717) is 12.2 Å². The SMILES string of the molecule is N[C@@H]1CC(c2cc(Br)c(Br)s2)Oc2ccc(F)cc21. The molecule has 0 bridgehead atoms. The van der Waals surface area contributed by atoms with Gasteiger partial charge in [0, 0.05) is 27.4 Å². The Morgan fingerprint density at radius 1 is 1.32 bits per heavy atom. The van der Waals surface area contributed by atoms with E-state index in [1.54, 1.807) is 17.4 Å². The molecule has 0 aliphatic carbocycles. The first-order valence-electron chi connectivity index (χ1n) is 5.71. The molecule has 2 atom stereocenters. The molecule has 2 aromatic rings. The molecule has 1 aliphatic rings. The van der Waals surface area contributed by atoms with Crippen LogP contribution in [0, 0.1) is 5.82 Å². The fourth-order valence-electron chi connectivity index (χ4n) is 2.17. The van der Waals surface area contributed by atoms with Crippen LogP contribution in [-0.4, -0.2) is 0 Å². The molecule has 0 saturated heterocycles. The Morgan fingerprint density at radius 2 is 2.11 bits per heavy atom. The van der Waals surface area contributed by atoms with Crippen molar-refractivity contribution in [3.8, 4) is 5.75 Å². The highest BCUT2D eigenvalue weighted by Crippen LogP contribution is 2.44. The highest BCUT2D eigenvalue weighted by molar-refractivity contribution is 9.13. The van der Waals surface area contributed by atoms with Crippen molar-refractivity contribution in [3.05, 3.63) is 48.8 Å². The van der Waals surface area contributed by atoms with Crippen LogP contribution >= 0.6 is 43.2 Å². The summed E-state index contributed by atoms with van der Waals surface area (Å²) >= 11 is 8.56. The number of thiophene rings is 1. The Balaban J connectivity index is 1.94. The highest BCUT2D eigenvalue weighted by atomic mass is 79.9. The molecule has 0 amide bonds. The third-order valence-electron chi connectivity index (χ3n) is 3.09. The Bertz CT molecular complexity index is 612. The Hall–Kier alpha value is -0.430. The molecule has 1 aromatic heterocycles. The van der Waals surface area contributed by atoms with E-state index in [2.05, 4.69) is 31.9 Å². The van der Waals surface area contributed by atoms with Gasteiger partial charge in [0.1, 0.15) is 17.7 Å². The lowest BCUT2D eigenvalue weighted by Crippen LogP contribution is -2.23. The van der Waals surface area contributed by atoms with E-state index in [9.17, 15) is 4.39 Å². The van der Waals surface area contributed by atoms with Crippen molar-refractivity contribution in [2.75, 3.05) is 0 Å². The molecule has 1 aromatic carbocycles. The minimum atomic E-state index is -0.280. The van der Waals surface area contributed by atoms with Gasteiger partial charge in [-0.2, -0.15) is 0 Å². The van der Waals surface area contributed by atoms with E-state index in [4.69, 9.17) is 10.5 Å². The lowest BCUT2D eigenvalue weighted by molar-refractivity contribution is 0.164. The third kappa shape index (κ3) is 2.59. The zero-order valence-electron chi connectivity index (χ0n) is 9.70. The zero-order chi connectivity index (χ0) is 13.6. The summed E-state index contributed by atoms with van der Waals surface area (Å²) < 4.78 is 21.2. The monoisotopic (exact) mass is 405 g/mol. The molecule has 3 rings (SSSR count). The van der Waals surface area contributed by atoms with Crippen LogP contribution in [-0.2, 0) is 0 Å². The zero-order valence-corrected chi connectivity index (χ0v) is 13.7. The molecule has 2 nitrogen and oxygen atoms in total. The van der Waals surface area contributed by atoms with Gasteiger partial charge in [0.2, 0.25) is 0 Å². The van der Waals surface area contributed by atoms with Crippen LogP contribution in [0.2, 0.25) is 0 Å². The third-order valence-corrected chi connectivity index (χ3v) is 6.44. The first-order chi connectivity index (χ1) is 9.04. The molecular weight excluding hydrogens is 397 g/mol. The molecular formula is C13H10Br2FNOS. The molecule has 19 heavy (non-hydrogen) atoms.